The van der Waals surface area contributed by atoms with E-state index in [9.17, 15) is 9.59 Å². The van der Waals surface area contributed by atoms with Gasteiger partial charge in [0.1, 0.15) is 0 Å². The highest BCUT2D eigenvalue weighted by Crippen LogP contribution is 2.32. The first-order valence-electron chi connectivity index (χ1n) is 9.51. The maximum atomic E-state index is 12.3. The molecule has 2 heterocycles. The number of fused-ring (bicyclic) bond motifs is 1. The van der Waals surface area contributed by atoms with E-state index in [4.69, 9.17) is 14.2 Å². The van der Waals surface area contributed by atoms with E-state index in [-0.39, 0.29) is 19.3 Å². The molecule has 0 unspecified atom stereocenters. The lowest BCUT2D eigenvalue weighted by atomic mass is 10.2. The minimum absolute atomic E-state index is 0.178. The van der Waals surface area contributed by atoms with Crippen molar-refractivity contribution in [2.24, 2.45) is 0 Å². The van der Waals surface area contributed by atoms with Crippen molar-refractivity contribution < 1.29 is 23.8 Å². The van der Waals surface area contributed by atoms with Crippen LogP contribution in [0.4, 0.5) is 5.69 Å². The third-order valence-electron chi connectivity index (χ3n) is 4.90. The molecule has 0 bridgehead atoms. The molecule has 0 atom stereocenters. The van der Waals surface area contributed by atoms with E-state index in [0.717, 1.165) is 24.3 Å². The zero-order valence-electron chi connectivity index (χ0n) is 16.0. The summed E-state index contributed by atoms with van der Waals surface area (Å²) in [5.41, 5.74) is 1.94. The van der Waals surface area contributed by atoms with Crippen LogP contribution in [0, 0.1) is 0 Å². The lowest BCUT2D eigenvalue weighted by Gasteiger charge is -2.36. The number of hydrogen-bond donors (Lipinski definition) is 0. The van der Waals surface area contributed by atoms with Crippen molar-refractivity contribution in [2.45, 2.75) is 0 Å². The van der Waals surface area contributed by atoms with E-state index < -0.39 is 5.97 Å². The summed E-state index contributed by atoms with van der Waals surface area (Å²) in [6.45, 7) is 2.68. The van der Waals surface area contributed by atoms with Gasteiger partial charge in [-0.25, -0.2) is 4.79 Å². The first-order valence-corrected chi connectivity index (χ1v) is 9.51. The zero-order valence-corrected chi connectivity index (χ0v) is 16.0. The van der Waals surface area contributed by atoms with Crippen molar-refractivity contribution >= 4 is 23.6 Å². The van der Waals surface area contributed by atoms with Crippen LogP contribution in [0.2, 0.25) is 0 Å². The van der Waals surface area contributed by atoms with Crippen LogP contribution in [0.15, 0.2) is 54.6 Å². The Morgan fingerprint density at radius 2 is 1.72 bits per heavy atom. The summed E-state index contributed by atoms with van der Waals surface area (Å²) in [4.78, 5) is 28.2. The van der Waals surface area contributed by atoms with Crippen molar-refractivity contribution in [1.29, 1.82) is 0 Å². The molecule has 0 aromatic heterocycles. The summed E-state index contributed by atoms with van der Waals surface area (Å²) in [6, 6.07) is 15.5. The number of amides is 1. The number of carbonyl (C=O) groups is 2. The zero-order chi connectivity index (χ0) is 20.1. The van der Waals surface area contributed by atoms with Gasteiger partial charge in [-0.15, -0.1) is 0 Å². The summed E-state index contributed by atoms with van der Waals surface area (Å²) in [7, 11) is 0. The second-order valence-electron chi connectivity index (χ2n) is 6.76. The van der Waals surface area contributed by atoms with Gasteiger partial charge in [-0.2, -0.15) is 0 Å². The number of piperazine rings is 1. The molecule has 2 aromatic rings. The molecule has 1 fully saturated rings. The molecule has 2 aliphatic heterocycles. The van der Waals surface area contributed by atoms with E-state index in [1.54, 1.807) is 23.1 Å². The summed E-state index contributed by atoms with van der Waals surface area (Å²) in [5, 5.41) is 0. The number of hydrogen-bond acceptors (Lipinski definition) is 6. The molecule has 29 heavy (non-hydrogen) atoms. The van der Waals surface area contributed by atoms with Crippen molar-refractivity contribution in [3.8, 4) is 11.5 Å². The van der Waals surface area contributed by atoms with Crippen LogP contribution in [-0.2, 0) is 14.3 Å². The fourth-order valence-corrected chi connectivity index (χ4v) is 3.31. The summed E-state index contributed by atoms with van der Waals surface area (Å²) in [5.74, 6) is 0.592. The highest BCUT2D eigenvalue weighted by Gasteiger charge is 2.22. The molecule has 1 amide bonds. The smallest absolute Gasteiger partial charge is 0.331 e. The van der Waals surface area contributed by atoms with Gasteiger partial charge in [0.25, 0.3) is 5.91 Å². The number of esters is 1. The molecule has 1 saturated heterocycles. The van der Waals surface area contributed by atoms with E-state index in [0.29, 0.717) is 24.6 Å². The molecular weight excluding hydrogens is 372 g/mol. The van der Waals surface area contributed by atoms with Crippen molar-refractivity contribution in [1.82, 2.24) is 4.90 Å². The van der Waals surface area contributed by atoms with Gasteiger partial charge in [0.05, 0.1) is 0 Å². The van der Waals surface area contributed by atoms with Crippen LogP contribution in [0.5, 0.6) is 11.5 Å². The van der Waals surface area contributed by atoms with E-state index >= 15 is 0 Å². The topological polar surface area (TPSA) is 68.3 Å². The number of rotatable bonds is 5. The molecule has 7 nitrogen and oxygen atoms in total. The average molecular weight is 394 g/mol. The largest absolute Gasteiger partial charge is 0.454 e. The first-order chi connectivity index (χ1) is 14.2. The Morgan fingerprint density at radius 1 is 0.966 bits per heavy atom. The molecule has 2 aliphatic rings. The Kier molecular flexibility index (Phi) is 5.65. The molecule has 0 radical (unpaired) electrons. The van der Waals surface area contributed by atoms with Gasteiger partial charge in [-0.3, -0.25) is 4.79 Å². The summed E-state index contributed by atoms with van der Waals surface area (Å²) >= 11 is 0. The molecule has 0 aliphatic carbocycles. The highest BCUT2D eigenvalue weighted by atomic mass is 16.7. The van der Waals surface area contributed by atoms with Crippen LogP contribution in [-0.4, -0.2) is 56.4 Å². The van der Waals surface area contributed by atoms with Gasteiger partial charge in [-0.05, 0) is 35.9 Å². The minimum Gasteiger partial charge on any atom is -0.454 e. The first kappa shape index (κ1) is 18.9. The number of anilines is 1. The van der Waals surface area contributed by atoms with Crippen LogP contribution >= 0.6 is 0 Å². The van der Waals surface area contributed by atoms with Crippen LogP contribution in [0.25, 0.3) is 6.08 Å². The van der Waals surface area contributed by atoms with Crippen LogP contribution < -0.4 is 14.4 Å². The number of carbonyl (C=O) groups excluding carboxylic acids is 2. The molecule has 4 rings (SSSR count). The summed E-state index contributed by atoms with van der Waals surface area (Å²) in [6.07, 6.45) is 2.92. The molecule has 150 valence electrons. The number of nitrogens with zero attached hydrogens (tertiary/aromatic N) is 2. The van der Waals surface area contributed by atoms with E-state index in [2.05, 4.69) is 17.0 Å². The Labute approximate surface area is 169 Å². The average Bonchev–Trinajstić information content (AvgIpc) is 3.24. The highest BCUT2D eigenvalue weighted by molar-refractivity contribution is 5.89. The number of benzene rings is 2. The molecule has 0 saturated carbocycles. The molecule has 0 spiro atoms. The third kappa shape index (κ3) is 4.68. The second kappa shape index (κ2) is 8.68. The SMILES string of the molecule is O=C(/C=C/c1ccc2c(c1)OCO2)OCC(=O)N1CCN(c2ccccc2)CC1. The molecule has 2 aromatic carbocycles. The maximum Gasteiger partial charge on any atom is 0.331 e. The van der Waals surface area contributed by atoms with Crippen molar-refractivity contribution in [3.05, 3.63) is 60.2 Å². The second-order valence-corrected chi connectivity index (χ2v) is 6.76. The lowest BCUT2D eigenvalue weighted by Crippen LogP contribution is -2.49. The van der Waals surface area contributed by atoms with E-state index in [1.807, 2.05) is 24.3 Å². The fraction of sp³-hybridized carbons (Fsp3) is 0.273. The van der Waals surface area contributed by atoms with Crippen LogP contribution in [0.1, 0.15) is 5.56 Å². The fourth-order valence-electron chi connectivity index (χ4n) is 3.31. The third-order valence-corrected chi connectivity index (χ3v) is 4.90. The lowest BCUT2D eigenvalue weighted by molar-refractivity contribution is -0.148. The summed E-state index contributed by atoms with van der Waals surface area (Å²) < 4.78 is 15.6. The maximum absolute atomic E-state index is 12.3. The van der Waals surface area contributed by atoms with Crippen LogP contribution in [0.3, 0.4) is 0 Å². The quantitative estimate of drug-likeness (QED) is 0.573. The Bertz CT molecular complexity index is 905. The van der Waals surface area contributed by atoms with Gasteiger partial charge in [0.2, 0.25) is 6.79 Å². The van der Waals surface area contributed by atoms with Gasteiger partial charge >= 0.3 is 5.97 Å². The Morgan fingerprint density at radius 3 is 2.52 bits per heavy atom. The van der Waals surface area contributed by atoms with Gasteiger partial charge in [0, 0.05) is 37.9 Å². The predicted molar refractivity (Wildman–Crippen MR) is 108 cm³/mol. The van der Waals surface area contributed by atoms with Crippen molar-refractivity contribution in [3.63, 3.8) is 0 Å². The Balaban J connectivity index is 1.22. The van der Waals surface area contributed by atoms with Gasteiger partial charge < -0.3 is 24.0 Å². The molecule has 7 heteroatoms. The number of ether oxygens (including phenoxy) is 3. The molecular formula is C22H22N2O5. The van der Waals surface area contributed by atoms with Gasteiger partial charge in [0.15, 0.2) is 18.1 Å². The van der Waals surface area contributed by atoms with Gasteiger partial charge in [-0.1, -0.05) is 24.3 Å². The standard InChI is InChI=1S/C22H22N2O5/c25-21(24-12-10-23(11-13-24)18-4-2-1-3-5-18)15-27-22(26)9-7-17-6-8-19-20(14-17)29-16-28-19/h1-9,14H,10-13,15-16H2/b9-7+. The number of para-hydroxylation sites is 1. The normalized spacial score (nSPS) is 15.6. The van der Waals surface area contributed by atoms with Crippen molar-refractivity contribution in [2.75, 3.05) is 44.5 Å². The molecule has 0 N–H and O–H groups in total. The predicted octanol–water partition coefficient (Wildman–Crippen LogP) is 2.32. The van der Waals surface area contributed by atoms with E-state index in [1.165, 1.54) is 6.08 Å². The minimum atomic E-state index is -0.557. The monoisotopic (exact) mass is 394 g/mol. The Hall–Kier alpha value is -3.48.